The summed E-state index contributed by atoms with van der Waals surface area (Å²) in [4.78, 5) is 10.8. The van der Waals surface area contributed by atoms with Crippen molar-refractivity contribution in [3.05, 3.63) is 99.9 Å². The van der Waals surface area contributed by atoms with E-state index in [-0.39, 0.29) is 21.9 Å². The first-order valence-corrected chi connectivity index (χ1v) is 9.84. The number of anilines is 1. The molecular formula is C23H21N3O3S. The maximum absolute atomic E-state index is 13.4. The highest BCUT2D eigenvalue weighted by Crippen LogP contribution is 2.21. The molecule has 30 heavy (non-hydrogen) atoms. The van der Waals surface area contributed by atoms with Crippen LogP contribution in [0.5, 0.6) is 0 Å². The Balaban J connectivity index is 2.07. The summed E-state index contributed by atoms with van der Waals surface area (Å²) in [6, 6.07) is 17.2. The molecule has 0 saturated heterocycles. The van der Waals surface area contributed by atoms with Crippen molar-refractivity contribution in [2.75, 3.05) is 5.32 Å². The van der Waals surface area contributed by atoms with Gasteiger partial charge in [0.1, 0.15) is 0 Å². The van der Waals surface area contributed by atoms with Gasteiger partial charge >= 0.3 is 0 Å². The van der Waals surface area contributed by atoms with Crippen molar-refractivity contribution >= 4 is 40.0 Å². The van der Waals surface area contributed by atoms with Gasteiger partial charge in [-0.3, -0.25) is 10.1 Å². The molecule has 0 aliphatic rings. The van der Waals surface area contributed by atoms with E-state index in [0.717, 1.165) is 17.7 Å². The van der Waals surface area contributed by atoms with Crippen LogP contribution >= 0.6 is 12.2 Å². The highest BCUT2D eigenvalue weighted by atomic mass is 32.1. The van der Waals surface area contributed by atoms with Gasteiger partial charge in [0.15, 0.2) is 17.4 Å². The third-order valence-corrected chi connectivity index (χ3v) is 4.87. The summed E-state index contributed by atoms with van der Waals surface area (Å²) in [5, 5.41) is 27.6. The molecule has 0 radical (unpaired) electrons. The number of hydrogen-bond donors (Lipinski definition) is 1. The van der Waals surface area contributed by atoms with Crippen LogP contribution in [0.1, 0.15) is 23.6 Å². The minimum absolute atomic E-state index is 0.150. The van der Waals surface area contributed by atoms with Gasteiger partial charge in [0.05, 0.1) is 4.92 Å². The van der Waals surface area contributed by atoms with Gasteiger partial charge in [-0.25, -0.2) is 0 Å². The normalized spacial score (nSPS) is 11.5. The Morgan fingerprint density at radius 2 is 1.87 bits per heavy atom. The second-order valence-electron chi connectivity index (χ2n) is 6.78. The highest BCUT2D eigenvalue weighted by Gasteiger charge is 2.20. The van der Waals surface area contributed by atoms with Gasteiger partial charge < -0.3 is 10.4 Å². The summed E-state index contributed by atoms with van der Waals surface area (Å²) in [6.45, 7) is 3.98. The second-order valence-corrected chi connectivity index (χ2v) is 7.19. The van der Waals surface area contributed by atoms with Crippen LogP contribution in [0.15, 0.2) is 73.1 Å². The molecule has 0 bridgehead atoms. The number of nitro benzene ring substituents is 1. The van der Waals surface area contributed by atoms with E-state index < -0.39 is 10.7 Å². The SMILES string of the molecule is CCc1ccc(NC(=S)C(=C([O-])c2cccc([N+](=O)[O-])c2)[n+]2cccc(C)c2)cc1. The average molecular weight is 420 g/mol. The average Bonchev–Trinajstić information content (AvgIpc) is 2.74. The number of aryl methyl sites for hydroxylation is 2. The third kappa shape index (κ3) is 4.87. The predicted octanol–water partition coefficient (Wildman–Crippen LogP) is 3.88. The Bertz CT molecular complexity index is 1120. The molecule has 152 valence electrons. The minimum atomic E-state index is -0.526. The number of aromatic nitrogens is 1. The van der Waals surface area contributed by atoms with Crippen LogP contribution in [0.3, 0.4) is 0 Å². The fourth-order valence-electron chi connectivity index (χ4n) is 2.98. The topological polar surface area (TPSA) is 82.1 Å². The van der Waals surface area contributed by atoms with Crippen LogP contribution in [0.2, 0.25) is 0 Å². The van der Waals surface area contributed by atoms with E-state index >= 15 is 0 Å². The summed E-state index contributed by atoms with van der Waals surface area (Å²) >= 11 is 5.58. The van der Waals surface area contributed by atoms with Gasteiger partial charge in [0, 0.05) is 29.4 Å². The van der Waals surface area contributed by atoms with E-state index in [1.807, 2.05) is 43.3 Å². The van der Waals surface area contributed by atoms with Gasteiger partial charge in [-0.15, -0.1) is 0 Å². The smallest absolute Gasteiger partial charge is 0.270 e. The Labute approximate surface area is 180 Å². The lowest BCUT2D eigenvalue weighted by molar-refractivity contribution is -0.578. The van der Waals surface area contributed by atoms with Crippen molar-refractivity contribution in [2.24, 2.45) is 0 Å². The summed E-state index contributed by atoms with van der Waals surface area (Å²) in [5.41, 5.74) is 3.15. The fourth-order valence-corrected chi connectivity index (χ4v) is 3.30. The highest BCUT2D eigenvalue weighted by molar-refractivity contribution is 7.81. The van der Waals surface area contributed by atoms with E-state index in [2.05, 4.69) is 12.2 Å². The minimum Gasteiger partial charge on any atom is -0.867 e. The molecule has 6 nitrogen and oxygen atoms in total. The van der Waals surface area contributed by atoms with E-state index in [1.54, 1.807) is 23.0 Å². The fraction of sp³-hybridized carbons (Fsp3) is 0.130. The molecule has 3 aromatic rings. The maximum Gasteiger partial charge on any atom is 0.270 e. The number of non-ortho nitro benzene ring substituents is 1. The molecule has 1 aromatic heterocycles. The Morgan fingerprint density at radius 1 is 1.13 bits per heavy atom. The Hall–Kier alpha value is -3.58. The quantitative estimate of drug-likeness (QED) is 0.164. The number of rotatable bonds is 6. The van der Waals surface area contributed by atoms with Crippen LogP contribution < -0.4 is 15.0 Å². The Morgan fingerprint density at radius 3 is 2.50 bits per heavy atom. The molecule has 0 aliphatic heterocycles. The largest absolute Gasteiger partial charge is 0.867 e. The molecule has 1 heterocycles. The molecule has 0 atom stereocenters. The third-order valence-electron chi connectivity index (χ3n) is 4.58. The monoisotopic (exact) mass is 419 g/mol. The molecule has 0 aliphatic carbocycles. The number of benzene rings is 2. The van der Waals surface area contributed by atoms with Crippen LogP contribution in [0.4, 0.5) is 11.4 Å². The first-order chi connectivity index (χ1) is 14.4. The molecule has 0 saturated carbocycles. The van der Waals surface area contributed by atoms with Gasteiger partial charge in [-0.1, -0.05) is 43.4 Å². The van der Waals surface area contributed by atoms with E-state index in [9.17, 15) is 15.2 Å². The number of hydrogen-bond acceptors (Lipinski definition) is 4. The van der Waals surface area contributed by atoms with E-state index in [1.165, 1.54) is 23.8 Å². The summed E-state index contributed by atoms with van der Waals surface area (Å²) in [5.74, 6) is -0.406. The summed E-state index contributed by atoms with van der Waals surface area (Å²) in [7, 11) is 0. The van der Waals surface area contributed by atoms with Crippen molar-refractivity contribution in [3.8, 4) is 0 Å². The van der Waals surface area contributed by atoms with Crippen molar-refractivity contribution in [3.63, 3.8) is 0 Å². The number of nitrogens with zero attached hydrogens (tertiary/aromatic N) is 2. The second kappa shape index (κ2) is 9.28. The van der Waals surface area contributed by atoms with Crippen molar-refractivity contribution in [1.82, 2.24) is 0 Å². The molecule has 2 aromatic carbocycles. The maximum atomic E-state index is 13.4. The number of thiocarbonyl (C=S) groups is 1. The molecule has 0 spiro atoms. The van der Waals surface area contributed by atoms with Crippen molar-refractivity contribution in [2.45, 2.75) is 20.3 Å². The van der Waals surface area contributed by atoms with Crippen LogP contribution in [-0.4, -0.2) is 9.91 Å². The molecule has 7 heteroatoms. The molecule has 0 amide bonds. The summed E-state index contributed by atoms with van der Waals surface area (Å²) < 4.78 is 1.65. The number of pyridine rings is 1. The van der Waals surface area contributed by atoms with Gasteiger partial charge in [-0.2, -0.15) is 4.57 Å². The standard InChI is InChI=1S/C23H21N3O3S/c1-3-17-9-11-19(12-10-17)24-23(30)21(25-13-5-6-16(2)15-25)22(27)18-7-4-8-20(14-18)26(28)29/h4-15H,3H2,1-2H3,(H-,24,27,30). The lowest BCUT2D eigenvalue weighted by Crippen LogP contribution is -2.40. The number of nitro groups is 1. The predicted molar refractivity (Wildman–Crippen MR) is 120 cm³/mol. The molecule has 0 fully saturated rings. The molecule has 3 rings (SSSR count). The van der Waals surface area contributed by atoms with Crippen LogP contribution in [0.25, 0.3) is 11.5 Å². The zero-order chi connectivity index (χ0) is 21.7. The van der Waals surface area contributed by atoms with Crippen LogP contribution in [0, 0.1) is 17.0 Å². The number of nitrogens with one attached hydrogen (secondary N) is 1. The lowest BCUT2D eigenvalue weighted by atomic mass is 10.1. The van der Waals surface area contributed by atoms with Gasteiger partial charge in [0.25, 0.3) is 5.69 Å². The van der Waals surface area contributed by atoms with Crippen LogP contribution in [-0.2, 0) is 6.42 Å². The first kappa shape index (κ1) is 21.1. The van der Waals surface area contributed by atoms with Gasteiger partial charge in [-0.05, 0) is 48.4 Å². The zero-order valence-corrected chi connectivity index (χ0v) is 17.5. The Kier molecular flexibility index (Phi) is 6.54. The molecular weight excluding hydrogens is 398 g/mol. The summed E-state index contributed by atoms with van der Waals surface area (Å²) in [6.07, 6.45) is 4.44. The van der Waals surface area contributed by atoms with Gasteiger partial charge in [0.2, 0.25) is 5.70 Å². The lowest BCUT2D eigenvalue weighted by Gasteiger charge is -2.17. The zero-order valence-electron chi connectivity index (χ0n) is 16.7. The van der Waals surface area contributed by atoms with E-state index in [0.29, 0.717) is 0 Å². The first-order valence-electron chi connectivity index (χ1n) is 9.43. The van der Waals surface area contributed by atoms with Crippen molar-refractivity contribution in [1.29, 1.82) is 0 Å². The molecule has 0 unspecified atom stereocenters. The van der Waals surface area contributed by atoms with E-state index in [4.69, 9.17) is 12.2 Å². The molecule has 1 N–H and O–H groups in total. The van der Waals surface area contributed by atoms with Crippen molar-refractivity contribution < 1.29 is 14.6 Å².